The van der Waals surface area contributed by atoms with E-state index in [1.54, 1.807) is 0 Å². The van der Waals surface area contributed by atoms with Gasteiger partial charge >= 0.3 is 0 Å². The van der Waals surface area contributed by atoms with Gasteiger partial charge in [0.1, 0.15) is 0 Å². The number of carbonyl (C=O) groups excluding carboxylic acids is 1. The molecule has 7 heteroatoms. The van der Waals surface area contributed by atoms with Crippen LogP contribution in [0.15, 0.2) is 0 Å². The van der Waals surface area contributed by atoms with Crippen molar-refractivity contribution in [3.63, 3.8) is 0 Å². The van der Waals surface area contributed by atoms with Crippen molar-refractivity contribution in [3.8, 4) is 0 Å². The molecular formula is C14H26N2O4S. The minimum Gasteiger partial charge on any atom is -0.371 e. The quantitative estimate of drug-likeness (QED) is 0.783. The maximum Gasteiger partial charge on any atom is 0.226 e. The van der Waals surface area contributed by atoms with E-state index < -0.39 is 10.0 Å². The third-order valence-electron chi connectivity index (χ3n) is 4.04. The van der Waals surface area contributed by atoms with Gasteiger partial charge in [-0.05, 0) is 26.7 Å². The van der Waals surface area contributed by atoms with Crippen molar-refractivity contribution in [2.45, 2.75) is 58.3 Å². The van der Waals surface area contributed by atoms with E-state index in [2.05, 4.69) is 5.32 Å². The number of rotatable bonds is 6. The van der Waals surface area contributed by atoms with Gasteiger partial charge in [-0.2, -0.15) is 4.31 Å². The Bertz CT molecular complexity index is 477. The normalized spacial score (nSPS) is 29.8. The zero-order chi connectivity index (χ0) is 15.6. The summed E-state index contributed by atoms with van der Waals surface area (Å²) in [6.45, 7) is 6.50. The first-order valence-electron chi connectivity index (χ1n) is 7.77. The second-order valence-electron chi connectivity index (χ2n) is 6.29. The number of carbonyl (C=O) groups is 1. The van der Waals surface area contributed by atoms with E-state index in [9.17, 15) is 13.2 Å². The Morgan fingerprint density at radius 3 is 2.71 bits per heavy atom. The van der Waals surface area contributed by atoms with Crippen LogP contribution >= 0.6 is 0 Å². The molecule has 6 nitrogen and oxygen atoms in total. The smallest absolute Gasteiger partial charge is 0.226 e. The number of amides is 1. The van der Waals surface area contributed by atoms with Gasteiger partial charge in [-0.1, -0.05) is 13.3 Å². The molecule has 2 bridgehead atoms. The van der Waals surface area contributed by atoms with Crippen molar-refractivity contribution in [3.05, 3.63) is 0 Å². The summed E-state index contributed by atoms with van der Waals surface area (Å²) in [5.41, 5.74) is 0. The molecule has 0 saturated carbocycles. The average Bonchev–Trinajstić information content (AvgIpc) is 2.70. The molecule has 3 atom stereocenters. The van der Waals surface area contributed by atoms with Gasteiger partial charge in [0.25, 0.3) is 0 Å². The topological polar surface area (TPSA) is 75.7 Å². The lowest BCUT2D eigenvalue weighted by Crippen LogP contribution is -2.48. The maximum absolute atomic E-state index is 12.3. The first kappa shape index (κ1) is 16.7. The van der Waals surface area contributed by atoms with Crippen LogP contribution in [0.25, 0.3) is 0 Å². The van der Waals surface area contributed by atoms with Crippen molar-refractivity contribution in [2.24, 2.45) is 5.92 Å². The van der Waals surface area contributed by atoms with Crippen LogP contribution in [0.2, 0.25) is 0 Å². The number of unbranched alkanes of at least 4 members (excludes halogenated alkanes) is 1. The predicted octanol–water partition coefficient (Wildman–Crippen LogP) is 0.730. The molecule has 0 aromatic carbocycles. The van der Waals surface area contributed by atoms with Crippen LogP contribution in [-0.4, -0.2) is 55.7 Å². The molecule has 1 amide bonds. The average molecular weight is 318 g/mol. The highest BCUT2D eigenvalue weighted by atomic mass is 32.2. The fourth-order valence-corrected chi connectivity index (χ4v) is 4.65. The summed E-state index contributed by atoms with van der Waals surface area (Å²) in [5, 5.41) is 2.90. The fraction of sp³-hybridized carbons (Fsp3) is 0.929. The largest absolute Gasteiger partial charge is 0.371 e. The van der Waals surface area contributed by atoms with Crippen LogP contribution in [0.3, 0.4) is 0 Å². The van der Waals surface area contributed by atoms with E-state index in [0.29, 0.717) is 25.9 Å². The number of hydrogen-bond donors (Lipinski definition) is 1. The van der Waals surface area contributed by atoms with E-state index in [0.717, 1.165) is 6.42 Å². The highest BCUT2D eigenvalue weighted by molar-refractivity contribution is 7.89. The minimum atomic E-state index is -3.22. The summed E-state index contributed by atoms with van der Waals surface area (Å²) < 4.78 is 31.9. The molecule has 21 heavy (non-hydrogen) atoms. The van der Waals surface area contributed by atoms with Gasteiger partial charge in [-0.3, -0.25) is 4.79 Å². The van der Waals surface area contributed by atoms with Crippen molar-refractivity contribution in [2.75, 3.05) is 18.8 Å². The summed E-state index contributed by atoms with van der Waals surface area (Å²) >= 11 is 0. The Morgan fingerprint density at radius 2 is 2.10 bits per heavy atom. The van der Waals surface area contributed by atoms with E-state index in [4.69, 9.17) is 4.74 Å². The second kappa shape index (κ2) is 6.62. The molecule has 2 aliphatic heterocycles. The molecular weight excluding hydrogens is 292 g/mol. The van der Waals surface area contributed by atoms with Crippen LogP contribution in [-0.2, 0) is 19.6 Å². The monoisotopic (exact) mass is 318 g/mol. The first-order valence-corrected chi connectivity index (χ1v) is 9.38. The lowest BCUT2D eigenvalue weighted by atomic mass is 9.99. The van der Waals surface area contributed by atoms with E-state index >= 15 is 0 Å². The Labute approximate surface area is 127 Å². The van der Waals surface area contributed by atoms with Crippen LogP contribution in [0.4, 0.5) is 0 Å². The van der Waals surface area contributed by atoms with Gasteiger partial charge in [-0.15, -0.1) is 0 Å². The number of ether oxygens (including phenoxy) is 1. The van der Waals surface area contributed by atoms with Gasteiger partial charge < -0.3 is 10.1 Å². The standard InChI is InChI=1S/C14H26N2O4S/c1-4-5-6-21(18,19)16-8-11-7-12(13(9-16)20-11)14(17)15-10(2)3/h10-13H,4-9H2,1-3H3,(H,15,17)/t11-,12+,13-/m0/s1. The summed E-state index contributed by atoms with van der Waals surface area (Å²) in [7, 11) is -3.22. The van der Waals surface area contributed by atoms with E-state index in [1.165, 1.54) is 4.31 Å². The SMILES string of the molecule is CCCCS(=O)(=O)N1C[C@@H]2C[C@@H](C(=O)NC(C)C)[C@H](C1)O2. The van der Waals surface area contributed by atoms with Crippen LogP contribution in [0.1, 0.15) is 40.0 Å². The summed E-state index contributed by atoms with van der Waals surface area (Å²) in [6.07, 6.45) is 1.69. The highest BCUT2D eigenvalue weighted by Crippen LogP contribution is 2.33. The lowest BCUT2D eigenvalue weighted by molar-refractivity contribution is -0.127. The third-order valence-corrected chi connectivity index (χ3v) is 5.93. The summed E-state index contributed by atoms with van der Waals surface area (Å²) in [4.78, 5) is 12.2. The number of fused-ring (bicyclic) bond motifs is 2. The molecule has 2 aliphatic rings. The van der Waals surface area contributed by atoms with Gasteiger partial charge in [-0.25, -0.2) is 8.42 Å². The second-order valence-corrected chi connectivity index (χ2v) is 8.38. The Balaban J connectivity index is 2.01. The van der Waals surface area contributed by atoms with Gasteiger partial charge in [0, 0.05) is 19.1 Å². The Morgan fingerprint density at radius 1 is 1.38 bits per heavy atom. The van der Waals surface area contributed by atoms with Crippen molar-refractivity contribution < 1.29 is 17.9 Å². The minimum absolute atomic E-state index is 0.0229. The van der Waals surface area contributed by atoms with Crippen LogP contribution < -0.4 is 5.32 Å². The Kier molecular flexibility index (Phi) is 5.27. The molecule has 2 rings (SSSR count). The first-order chi connectivity index (χ1) is 9.83. The van der Waals surface area contributed by atoms with Gasteiger partial charge in [0.15, 0.2) is 0 Å². The summed E-state index contributed by atoms with van der Waals surface area (Å²) in [5.74, 6) is -0.0692. The molecule has 0 radical (unpaired) electrons. The van der Waals surface area contributed by atoms with E-state index in [-0.39, 0.29) is 35.8 Å². The molecule has 122 valence electrons. The third kappa shape index (κ3) is 3.96. The number of nitrogens with one attached hydrogen (secondary N) is 1. The molecule has 0 spiro atoms. The molecule has 0 aromatic rings. The van der Waals surface area contributed by atoms with Crippen molar-refractivity contribution in [1.29, 1.82) is 0 Å². The highest BCUT2D eigenvalue weighted by Gasteiger charge is 2.47. The lowest BCUT2D eigenvalue weighted by Gasteiger charge is -2.32. The van der Waals surface area contributed by atoms with Gasteiger partial charge in [0.05, 0.1) is 23.9 Å². The molecule has 0 aromatic heterocycles. The van der Waals surface area contributed by atoms with Crippen LogP contribution in [0.5, 0.6) is 0 Å². The zero-order valence-corrected chi connectivity index (χ0v) is 13.9. The molecule has 0 unspecified atom stereocenters. The number of sulfonamides is 1. The number of nitrogens with zero attached hydrogens (tertiary/aromatic N) is 1. The van der Waals surface area contributed by atoms with E-state index in [1.807, 2.05) is 20.8 Å². The molecule has 1 N–H and O–H groups in total. The number of hydrogen-bond acceptors (Lipinski definition) is 4. The molecule has 2 fully saturated rings. The predicted molar refractivity (Wildman–Crippen MR) is 80.3 cm³/mol. The maximum atomic E-state index is 12.3. The number of morpholine rings is 1. The summed E-state index contributed by atoms with van der Waals surface area (Å²) in [6, 6.07) is 0.0855. The van der Waals surface area contributed by atoms with Crippen molar-refractivity contribution in [1.82, 2.24) is 9.62 Å². The zero-order valence-electron chi connectivity index (χ0n) is 13.0. The van der Waals surface area contributed by atoms with Gasteiger partial charge in [0.2, 0.25) is 15.9 Å². The molecule has 2 saturated heterocycles. The Hall–Kier alpha value is -0.660. The fourth-order valence-electron chi connectivity index (χ4n) is 2.97. The van der Waals surface area contributed by atoms with Crippen LogP contribution in [0, 0.1) is 5.92 Å². The molecule has 0 aliphatic carbocycles. The van der Waals surface area contributed by atoms with Crippen molar-refractivity contribution >= 4 is 15.9 Å². The molecule has 2 heterocycles.